The highest BCUT2D eigenvalue weighted by Gasteiger charge is 2.32. The molecule has 2 rings (SSSR count). The topological polar surface area (TPSA) is 86.8 Å². The van der Waals surface area contributed by atoms with E-state index in [1.54, 1.807) is 6.92 Å². The molecule has 0 radical (unpaired) electrons. The van der Waals surface area contributed by atoms with E-state index < -0.39 is 51.9 Å². The molecule has 2 aromatic rings. The van der Waals surface area contributed by atoms with Crippen LogP contribution in [0.15, 0.2) is 42.5 Å². The number of nitrogens with one attached hydrogen (secondary N) is 1. The van der Waals surface area contributed by atoms with Gasteiger partial charge in [-0.2, -0.15) is 0 Å². The first-order valence-corrected chi connectivity index (χ1v) is 13.0. The summed E-state index contributed by atoms with van der Waals surface area (Å²) in [6, 6.07) is 6.71. The van der Waals surface area contributed by atoms with Crippen LogP contribution in [-0.4, -0.2) is 50.0 Å². The number of amides is 2. The summed E-state index contributed by atoms with van der Waals surface area (Å²) in [5.41, 5.74) is 0.284. The van der Waals surface area contributed by atoms with E-state index in [4.69, 9.17) is 0 Å². The van der Waals surface area contributed by atoms with Crippen molar-refractivity contribution in [2.75, 3.05) is 17.1 Å². The van der Waals surface area contributed by atoms with Crippen LogP contribution in [0.2, 0.25) is 0 Å². The van der Waals surface area contributed by atoms with Crippen molar-refractivity contribution in [3.8, 4) is 0 Å². The molecule has 0 spiro atoms. The van der Waals surface area contributed by atoms with Gasteiger partial charge in [-0.3, -0.25) is 13.9 Å². The van der Waals surface area contributed by atoms with Gasteiger partial charge >= 0.3 is 0 Å². The Morgan fingerprint density at radius 2 is 1.60 bits per heavy atom. The minimum atomic E-state index is -4.08. The van der Waals surface area contributed by atoms with Crippen molar-refractivity contribution < 1.29 is 31.2 Å². The number of hydrogen-bond donors (Lipinski definition) is 1. The van der Waals surface area contributed by atoms with Crippen LogP contribution < -0.4 is 9.62 Å². The van der Waals surface area contributed by atoms with Gasteiger partial charge in [-0.25, -0.2) is 21.6 Å². The Kier molecular flexibility index (Phi) is 9.70. The van der Waals surface area contributed by atoms with Gasteiger partial charge < -0.3 is 10.2 Å². The second-order valence-corrected chi connectivity index (χ2v) is 10.2. The first-order valence-electron chi connectivity index (χ1n) is 11.1. The SMILES string of the molecule is CC[C@H](C)NC(=O)[C@H](CC)N(Cc1ccc(F)cc1)C(=O)CN(c1ccc(F)c(F)c1)S(C)(=O)=O. The first-order chi connectivity index (χ1) is 16.4. The van der Waals surface area contributed by atoms with Crippen LogP contribution >= 0.6 is 0 Å². The zero-order chi connectivity index (χ0) is 26.3. The normalized spacial score (nSPS) is 13.1. The lowest BCUT2D eigenvalue weighted by molar-refractivity contribution is -0.140. The molecule has 2 aromatic carbocycles. The molecule has 2 atom stereocenters. The van der Waals surface area contributed by atoms with E-state index in [2.05, 4.69) is 5.32 Å². The third-order valence-corrected chi connectivity index (χ3v) is 6.66. The maximum Gasteiger partial charge on any atom is 0.244 e. The fourth-order valence-electron chi connectivity index (χ4n) is 3.40. The van der Waals surface area contributed by atoms with Crippen molar-refractivity contribution in [3.05, 3.63) is 65.5 Å². The molecule has 7 nitrogen and oxygen atoms in total. The lowest BCUT2D eigenvalue weighted by Gasteiger charge is -2.33. The molecule has 192 valence electrons. The van der Waals surface area contributed by atoms with Gasteiger partial charge in [0, 0.05) is 18.7 Å². The van der Waals surface area contributed by atoms with E-state index >= 15 is 0 Å². The molecule has 1 N–H and O–H groups in total. The molecule has 0 fully saturated rings. The van der Waals surface area contributed by atoms with Crippen LogP contribution in [0, 0.1) is 17.5 Å². The Morgan fingerprint density at radius 1 is 0.971 bits per heavy atom. The van der Waals surface area contributed by atoms with Gasteiger partial charge in [-0.05, 0) is 49.6 Å². The number of sulfonamides is 1. The summed E-state index contributed by atoms with van der Waals surface area (Å²) < 4.78 is 66.2. The standard InChI is InChI=1S/C24H30F3N3O4S/c1-5-16(3)28-24(32)22(6-2)29(14-17-7-9-18(25)10-8-17)23(31)15-30(35(4,33)34)19-11-12-20(26)21(27)13-19/h7-13,16,22H,5-6,14-15H2,1-4H3,(H,28,32)/t16-,22-/m0/s1. The van der Waals surface area contributed by atoms with Crippen LogP contribution in [0.4, 0.5) is 18.9 Å². The van der Waals surface area contributed by atoms with E-state index in [0.29, 0.717) is 22.4 Å². The number of anilines is 1. The largest absolute Gasteiger partial charge is 0.352 e. The number of carbonyl (C=O) groups is 2. The molecular formula is C24H30F3N3O4S. The van der Waals surface area contributed by atoms with Gasteiger partial charge in [0.2, 0.25) is 21.8 Å². The number of nitrogens with zero attached hydrogens (tertiary/aromatic N) is 2. The molecule has 0 aliphatic rings. The molecule has 0 unspecified atom stereocenters. The quantitative estimate of drug-likeness (QED) is 0.498. The molecule has 0 aliphatic heterocycles. The summed E-state index contributed by atoms with van der Waals surface area (Å²) in [4.78, 5) is 27.6. The number of halogens is 3. The van der Waals surface area contributed by atoms with E-state index in [1.165, 1.54) is 29.2 Å². The number of benzene rings is 2. The Labute approximate surface area is 204 Å². The molecule has 0 saturated heterocycles. The monoisotopic (exact) mass is 513 g/mol. The van der Waals surface area contributed by atoms with E-state index in [1.807, 2.05) is 13.8 Å². The smallest absolute Gasteiger partial charge is 0.244 e. The maximum absolute atomic E-state index is 13.8. The Balaban J connectivity index is 2.45. The molecule has 0 aromatic heterocycles. The van der Waals surface area contributed by atoms with Gasteiger partial charge in [-0.1, -0.05) is 26.0 Å². The van der Waals surface area contributed by atoms with Crippen molar-refractivity contribution in [2.24, 2.45) is 0 Å². The van der Waals surface area contributed by atoms with E-state index in [9.17, 15) is 31.2 Å². The second-order valence-electron chi connectivity index (χ2n) is 8.26. The number of rotatable bonds is 11. The zero-order valence-electron chi connectivity index (χ0n) is 20.1. The highest BCUT2D eigenvalue weighted by atomic mass is 32.2. The summed E-state index contributed by atoms with van der Waals surface area (Å²) in [7, 11) is -4.08. The summed E-state index contributed by atoms with van der Waals surface area (Å²) in [6.07, 6.45) is 1.71. The van der Waals surface area contributed by atoms with Crippen LogP contribution in [0.3, 0.4) is 0 Å². The second kappa shape index (κ2) is 12.1. The molecular weight excluding hydrogens is 483 g/mol. The van der Waals surface area contributed by atoms with Gasteiger partial charge in [0.25, 0.3) is 0 Å². The first kappa shape index (κ1) is 28.2. The minimum absolute atomic E-state index is 0.0963. The third kappa shape index (κ3) is 7.71. The highest BCUT2D eigenvalue weighted by Crippen LogP contribution is 2.22. The molecule has 2 amide bonds. The van der Waals surface area contributed by atoms with Crippen LogP contribution in [-0.2, 0) is 26.2 Å². The van der Waals surface area contributed by atoms with Gasteiger partial charge in [0.1, 0.15) is 18.4 Å². The predicted octanol–water partition coefficient (Wildman–Crippen LogP) is 3.59. The molecule has 35 heavy (non-hydrogen) atoms. The summed E-state index contributed by atoms with van der Waals surface area (Å²) in [6.45, 7) is 4.55. The highest BCUT2D eigenvalue weighted by molar-refractivity contribution is 7.92. The Morgan fingerprint density at radius 3 is 2.11 bits per heavy atom. The van der Waals surface area contributed by atoms with Crippen LogP contribution in [0.25, 0.3) is 0 Å². The summed E-state index contributed by atoms with van der Waals surface area (Å²) in [5.74, 6) is -4.08. The van der Waals surface area contributed by atoms with Crippen LogP contribution in [0.5, 0.6) is 0 Å². The average molecular weight is 514 g/mol. The lowest BCUT2D eigenvalue weighted by Crippen LogP contribution is -2.53. The van der Waals surface area contributed by atoms with E-state index in [-0.39, 0.29) is 24.7 Å². The molecule has 0 saturated carbocycles. The fraction of sp³-hybridized carbons (Fsp3) is 0.417. The van der Waals surface area contributed by atoms with E-state index in [0.717, 1.165) is 18.4 Å². The lowest BCUT2D eigenvalue weighted by atomic mass is 10.1. The molecule has 0 aliphatic carbocycles. The third-order valence-electron chi connectivity index (χ3n) is 5.52. The molecule has 0 heterocycles. The minimum Gasteiger partial charge on any atom is -0.352 e. The maximum atomic E-state index is 13.8. The Hall–Kier alpha value is -3.08. The van der Waals surface area contributed by atoms with Crippen molar-refractivity contribution >= 4 is 27.5 Å². The van der Waals surface area contributed by atoms with Crippen molar-refractivity contribution in [3.63, 3.8) is 0 Å². The predicted molar refractivity (Wildman–Crippen MR) is 127 cm³/mol. The average Bonchev–Trinajstić information content (AvgIpc) is 2.79. The van der Waals surface area contributed by atoms with Crippen molar-refractivity contribution in [1.82, 2.24) is 10.2 Å². The van der Waals surface area contributed by atoms with Crippen molar-refractivity contribution in [2.45, 2.75) is 52.2 Å². The summed E-state index contributed by atoms with van der Waals surface area (Å²) in [5, 5.41) is 2.82. The molecule has 0 bridgehead atoms. The van der Waals surface area contributed by atoms with Crippen molar-refractivity contribution in [1.29, 1.82) is 0 Å². The number of carbonyl (C=O) groups excluding carboxylic acids is 2. The van der Waals surface area contributed by atoms with Gasteiger partial charge in [0.15, 0.2) is 11.6 Å². The van der Waals surface area contributed by atoms with Gasteiger partial charge in [-0.15, -0.1) is 0 Å². The zero-order valence-corrected chi connectivity index (χ0v) is 20.9. The van der Waals surface area contributed by atoms with Crippen LogP contribution in [0.1, 0.15) is 39.2 Å². The fourth-order valence-corrected chi connectivity index (χ4v) is 4.24. The van der Waals surface area contributed by atoms with Gasteiger partial charge in [0.05, 0.1) is 11.9 Å². The number of hydrogen-bond acceptors (Lipinski definition) is 4. The molecule has 11 heteroatoms. The summed E-state index contributed by atoms with van der Waals surface area (Å²) >= 11 is 0. The Bertz CT molecular complexity index is 1140.